The number of carbonyl (C=O) groups excluding carboxylic acids is 2. The largest absolute Gasteiger partial charge is 1.00 e. The van der Waals surface area contributed by atoms with Gasteiger partial charge in [0, 0.05) is 114 Å². The Balaban J connectivity index is 0.000000319. The van der Waals surface area contributed by atoms with Crippen molar-refractivity contribution in [3.63, 3.8) is 0 Å². The van der Waals surface area contributed by atoms with Crippen LogP contribution in [0.1, 0.15) is 200 Å². The maximum atomic E-state index is 12.0. The van der Waals surface area contributed by atoms with Gasteiger partial charge in [0.15, 0.2) is 15.5 Å². The zero-order chi connectivity index (χ0) is 63.2. The van der Waals surface area contributed by atoms with E-state index in [4.69, 9.17) is 18.8 Å². The van der Waals surface area contributed by atoms with Gasteiger partial charge < -0.3 is 43.1 Å². The summed E-state index contributed by atoms with van der Waals surface area (Å²) in [5.41, 5.74) is 10.2. The number of esters is 2. The van der Waals surface area contributed by atoms with Crippen LogP contribution < -0.4 is 29.6 Å². The van der Waals surface area contributed by atoms with Crippen LogP contribution in [-0.2, 0) is 39.9 Å². The first-order chi connectivity index (χ1) is 42.0. The SMILES string of the molecule is Brc1cnc(I)nc1.C.C.C.C.CC1(C)OBOC1(C)C.COC(=O)c1ccc2c(C3CCCC3)c(-c3ncc(Br)cn3)n(C)c2c1.COC(=O)c1ccc2c(C3CCCC3)c(Br)n(C)c2c1.Cn1c(-c2ncc(Br)cn2)c(C2CCCC2)c2ccc(C(=O)O)cc21.[Na+].[OH-]. The molecular formula is C69H88BBr4IN9NaO9. The number of aromatic nitrogens is 9. The minimum atomic E-state index is -0.910. The molecule has 9 aromatic rings. The molecule has 502 valence electrons. The van der Waals surface area contributed by atoms with Gasteiger partial charge in [-0.05, 0) is 201 Å². The maximum Gasteiger partial charge on any atom is 1.00 e. The van der Waals surface area contributed by atoms with E-state index in [1.165, 1.54) is 106 Å². The number of hydrogen-bond donors (Lipinski definition) is 1. The average molecular weight is 1670 g/mol. The van der Waals surface area contributed by atoms with Gasteiger partial charge in [-0.3, -0.25) is 0 Å². The van der Waals surface area contributed by atoms with Crippen LogP contribution in [0.5, 0.6) is 0 Å². The molecule has 0 spiro atoms. The van der Waals surface area contributed by atoms with Gasteiger partial charge in [0.05, 0.1) is 71.5 Å². The van der Waals surface area contributed by atoms with Crippen molar-refractivity contribution in [3.8, 4) is 23.0 Å². The minimum Gasteiger partial charge on any atom is -0.870 e. The number of aromatic carboxylic acids is 1. The number of halogens is 5. The summed E-state index contributed by atoms with van der Waals surface area (Å²) in [5, 5.41) is 12.9. The minimum absolute atomic E-state index is 0. The number of hydrogen-bond acceptors (Lipinski definition) is 14. The fourth-order valence-corrected chi connectivity index (χ4v) is 13.8. The zero-order valence-electron chi connectivity index (χ0n) is 52.3. The molecule has 18 nitrogen and oxygen atoms in total. The van der Waals surface area contributed by atoms with Crippen LogP contribution in [-0.4, -0.2) is 105 Å². The smallest absolute Gasteiger partial charge is 0.870 e. The molecule has 3 aromatic carbocycles. The van der Waals surface area contributed by atoms with Crippen molar-refractivity contribution in [2.24, 2.45) is 21.1 Å². The molecule has 2 N–H and O–H groups in total. The molecule has 7 heterocycles. The second-order valence-electron chi connectivity index (χ2n) is 23.4. The molecule has 0 amide bonds. The van der Waals surface area contributed by atoms with Crippen LogP contribution in [0.3, 0.4) is 0 Å². The van der Waals surface area contributed by atoms with Crippen LogP contribution in [0.2, 0.25) is 0 Å². The summed E-state index contributed by atoms with van der Waals surface area (Å²) in [6, 6.07) is 17.0. The number of carboxylic acids is 1. The second-order valence-corrected chi connectivity index (χ2v) is 27.8. The van der Waals surface area contributed by atoms with E-state index in [0.717, 1.165) is 68.0 Å². The third-order valence-electron chi connectivity index (χ3n) is 17.6. The molecule has 25 heteroatoms. The summed E-state index contributed by atoms with van der Waals surface area (Å²) >= 11 is 15.8. The van der Waals surface area contributed by atoms with Gasteiger partial charge in [0.2, 0.25) is 0 Å². The van der Waals surface area contributed by atoms with Crippen molar-refractivity contribution in [1.82, 2.24) is 43.6 Å². The summed E-state index contributed by atoms with van der Waals surface area (Å²) in [5.74, 6) is 1.49. The van der Waals surface area contributed by atoms with Crippen molar-refractivity contribution in [2.45, 2.75) is 163 Å². The molecule has 4 aliphatic rings. The van der Waals surface area contributed by atoms with Crippen LogP contribution in [0.25, 0.3) is 55.7 Å². The molecule has 3 aliphatic carbocycles. The molecule has 13 rings (SSSR count). The average Bonchev–Trinajstić information content (AvgIpc) is 1.61. The Labute approximate surface area is 624 Å². The Morgan fingerprint density at radius 3 is 1.13 bits per heavy atom. The number of ether oxygens (including phenoxy) is 2. The molecule has 0 unspecified atom stereocenters. The Morgan fingerprint density at radius 2 is 0.819 bits per heavy atom. The Morgan fingerprint density at radius 1 is 0.521 bits per heavy atom. The molecule has 3 saturated carbocycles. The Hall–Kier alpha value is -4.48. The summed E-state index contributed by atoms with van der Waals surface area (Å²) < 4.78 is 31.1. The van der Waals surface area contributed by atoms with Gasteiger partial charge in [0.25, 0.3) is 0 Å². The molecule has 6 aromatic heterocycles. The van der Waals surface area contributed by atoms with Crippen LogP contribution in [0.15, 0.2) is 110 Å². The quantitative estimate of drug-likeness (QED) is 0.0645. The van der Waals surface area contributed by atoms with Crippen molar-refractivity contribution in [1.29, 1.82) is 0 Å². The van der Waals surface area contributed by atoms with Crippen LogP contribution >= 0.6 is 86.3 Å². The number of benzene rings is 3. The van der Waals surface area contributed by atoms with Gasteiger partial charge in [-0.2, -0.15) is 0 Å². The predicted octanol–water partition coefficient (Wildman–Crippen LogP) is 16.1. The van der Waals surface area contributed by atoms with Crippen molar-refractivity contribution in [2.75, 3.05) is 14.2 Å². The molecule has 0 radical (unpaired) electrons. The van der Waals surface area contributed by atoms with E-state index < -0.39 is 5.97 Å². The third-order valence-corrected chi connectivity index (χ3v) is 20.3. The van der Waals surface area contributed by atoms with Crippen LogP contribution in [0, 0.1) is 3.83 Å². The van der Waals surface area contributed by atoms with Gasteiger partial charge in [-0.15, -0.1) is 0 Å². The fourth-order valence-electron chi connectivity index (χ4n) is 12.2. The van der Waals surface area contributed by atoms with Crippen molar-refractivity contribution < 1.29 is 73.3 Å². The van der Waals surface area contributed by atoms with Crippen LogP contribution in [0.4, 0.5) is 0 Å². The summed E-state index contributed by atoms with van der Waals surface area (Å²) in [4.78, 5) is 60.9. The van der Waals surface area contributed by atoms with Crippen molar-refractivity contribution in [3.05, 3.63) is 147 Å². The van der Waals surface area contributed by atoms with Gasteiger partial charge in [-0.1, -0.05) is 86.4 Å². The molecule has 4 fully saturated rings. The Kier molecular flexibility index (Phi) is 32.9. The van der Waals surface area contributed by atoms with E-state index in [0.29, 0.717) is 53.8 Å². The number of carboxylic acid groups (broad SMARTS) is 1. The normalized spacial score (nSPS) is 15.2. The Bertz CT molecular complexity index is 3950. The number of fused-ring (bicyclic) bond motifs is 3. The van der Waals surface area contributed by atoms with Gasteiger partial charge >= 0.3 is 55.2 Å². The number of methoxy groups -OCH3 is 2. The molecular weight excluding hydrogens is 1580 g/mol. The van der Waals surface area contributed by atoms with E-state index in [-0.39, 0.29) is 87.9 Å². The fraction of sp³-hybridized carbons (Fsp3) is 0.435. The van der Waals surface area contributed by atoms with E-state index in [2.05, 4.69) is 131 Å². The second kappa shape index (κ2) is 36.9. The molecule has 1 saturated heterocycles. The first-order valence-electron chi connectivity index (χ1n) is 29.3. The maximum absolute atomic E-state index is 12.0. The molecule has 94 heavy (non-hydrogen) atoms. The van der Waals surface area contributed by atoms with E-state index in [1.54, 1.807) is 49.3 Å². The molecule has 0 atom stereocenters. The summed E-state index contributed by atoms with van der Waals surface area (Å²) in [7, 11) is 9.27. The van der Waals surface area contributed by atoms with Gasteiger partial charge in [-0.25, -0.2) is 44.3 Å². The predicted molar refractivity (Wildman–Crippen MR) is 396 cm³/mol. The monoisotopic (exact) mass is 1660 g/mol. The van der Waals surface area contributed by atoms with E-state index in [9.17, 15) is 19.5 Å². The number of aryl methyl sites for hydroxylation is 3. The van der Waals surface area contributed by atoms with E-state index in [1.807, 2.05) is 89.8 Å². The number of rotatable bonds is 8. The summed E-state index contributed by atoms with van der Waals surface area (Å²) in [6.45, 7) is 8.17. The van der Waals surface area contributed by atoms with Gasteiger partial charge in [0.1, 0.15) is 0 Å². The number of carbonyl (C=O) groups is 3. The number of nitrogens with zero attached hydrogens (tertiary/aromatic N) is 9. The van der Waals surface area contributed by atoms with Crippen molar-refractivity contribution >= 4 is 145 Å². The third kappa shape index (κ3) is 18.8. The first kappa shape index (κ1) is 83.8. The molecule has 1 aliphatic heterocycles. The topological polar surface area (TPSA) is 230 Å². The zero-order valence-corrected chi connectivity index (χ0v) is 62.8. The first-order valence-corrected chi connectivity index (χ1v) is 33.6. The standard InChI is InChI=1S/C20H20BrN3O2.C19H18BrN3O2.C16H18BrNO2.C6H13BO2.C4H2BrIN2.4CH4.Na.H2O/c1-24-16-9-13(20(25)26-2)7-8-15(16)17(12-5-3-4-6-12)18(24)19-22-10-14(21)11-23-19;1-23-15-8-12(19(24)25)6-7-14(15)16(11-4-2-3-5-11)17(23)18-21-9-13(20)10-22-18;1-18-13-9-11(16(19)20-2)7-8-12(13)14(15(18)17)10-5-3-4-6-10;1-5(2)6(3,4)9-7-8-5;5-3-1-7-4(6)8-2-3;;;;;;/h7-12H,3-6H2,1-2H3;6-11H,2-5H2,1H3,(H,24,25);7-10H,3-6H2,1-2H3;7H,1-4H3;1-2H;4*1H4;;1H2/q;;;;;;;;;+1;/p-1. The van der Waals surface area contributed by atoms with E-state index >= 15 is 0 Å². The molecule has 0 bridgehead atoms. The summed E-state index contributed by atoms with van der Waals surface area (Å²) in [6.07, 6.45) is 25.3.